The highest BCUT2D eigenvalue weighted by molar-refractivity contribution is 5.51. The molecule has 2 aromatic rings. The van der Waals surface area contributed by atoms with E-state index in [4.69, 9.17) is 9.51 Å². The molecule has 0 atom stereocenters. The van der Waals surface area contributed by atoms with Gasteiger partial charge in [-0.05, 0) is 26.2 Å². The second-order valence-corrected chi connectivity index (χ2v) is 6.37. The van der Waals surface area contributed by atoms with E-state index in [-0.39, 0.29) is 0 Å². The lowest BCUT2D eigenvalue weighted by Gasteiger charge is -2.35. The van der Waals surface area contributed by atoms with Crippen LogP contribution in [0.1, 0.15) is 35.2 Å². The van der Waals surface area contributed by atoms with Crippen molar-refractivity contribution < 1.29 is 4.52 Å². The van der Waals surface area contributed by atoms with Crippen LogP contribution in [0.5, 0.6) is 0 Å². The molecule has 0 aromatic carbocycles. The molecule has 7 heteroatoms. The van der Waals surface area contributed by atoms with Crippen molar-refractivity contribution >= 4 is 5.82 Å². The molecule has 1 fully saturated rings. The van der Waals surface area contributed by atoms with Crippen LogP contribution in [-0.4, -0.2) is 51.2 Å². The number of hydrogen-bond donors (Lipinski definition) is 0. The monoisotopic (exact) mass is 314 g/mol. The topological polar surface area (TPSA) is 71.2 Å². The molecule has 1 aliphatic carbocycles. The first-order valence-corrected chi connectivity index (χ1v) is 8.32. The van der Waals surface area contributed by atoms with E-state index in [1.54, 1.807) is 0 Å². The van der Waals surface area contributed by atoms with Crippen molar-refractivity contribution in [1.29, 1.82) is 0 Å². The van der Waals surface area contributed by atoms with Crippen molar-refractivity contribution in [3.8, 4) is 0 Å². The van der Waals surface area contributed by atoms with E-state index in [0.29, 0.717) is 5.89 Å². The van der Waals surface area contributed by atoms with Crippen molar-refractivity contribution in [3.63, 3.8) is 0 Å². The Morgan fingerprint density at radius 1 is 1.00 bits per heavy atom. The van der Waals surface area contributed by atoms with Crippen LogP contribution >= 0.6 is 0 Å². The van der Waals surface area contributed by atoms with Crippen LogP contribution in [0.2, 0.25) is 0 Å². The zero-order valence-corrected chi connectivity index (χ0v) is 13.7. The first-order chi connectivity index (χ1) is 11.2. The van der Waals surface area contributed by atoms with Crippen molar-refractivity contribution in [2.24, 2.45) is 0 Å². The summed E-state index contributed by atoms with van der Waals surface area (Å²) in [5.74, 6) is 3.46. The highest BCUT2D eigenvalue weighted by Gasteiger charge is 2.25. The van der Waals surface area contributed by atoms with E-state index >= 15 is 0 Å². The molecule has 0 spiro atoms. The van der Waals surface area contributed by atoms with Crippen molar-refractivity contribution in [2.75, 3.05) is 31.1 Å². The van der Waals surface area contributed by atoms with Gasteiger partial charge in [-0.25, -0.2) is 9.97 Å². The largest absolute Gasteiger partial charge is 0.354 e. The van der Waals surface area contributed by atoms with Gasteiger partial charge in [-0.3, -0.25) is 4.90 Å². The fraction of sp³-hybridized carbons (Fsp3) is 0.625. The van der Waals surface area contributed by atoms with Crippen LogP contribution in [0.25, 0.3) is 0 Å². The maximum atomic E-state index is 5.04. The summed E-state index contributed by atoms with van der Waals surface area (Å²) in [6.45, 7) is 8.53. The summed E-state index contributed by atoms with van der Waals surface area (Å²) in [5.41, 5.74) is 2.63. The molecule has 4 rings (SSSR count). The molecule has 23 heavy (non-hydrogen) atoms. The zero-order chi connectivity index (χ0) is 15.8. The molecule has 1 saturated heterocycles. The Labute approximate surface area is 135 Å². The number of piperazine rings is 1. The lowest BCUT2D eigenvalue weighted by molar-refractivity contribution is 0.239. The first-order valence-electron chi connectivity index (χ1n) is 8.32. The zero-order valence-electron chi connectivity index (χ0n) is 13.7. The first kappa shape index (κ1) is 14.6. The van der Waals surface area contributed by atoms with E-state index in [1.807, 2.05) is 13.8 Å². The lowest BCUT2D eigenvalue weighted by Crippen LogP contribution is -2.46. The Morgan fingerprint density at radius 3 is 2.57 bits per heavy atom. The minimum atomic E-state index is 0.630. The number of rotatable bonds is 3. The van der Waals surface area contributed by atoms with Crippen molar-refractivity contribution in [3.05, 3.63) is 28.8 Å². The van der Waals surface area contributed by atoms with Crippen molar-refractivity contribution in [2.45, 2.75) is 39.7 Å². The Balaban J connectivity index is 1.44. The van der Waals surface area contributed by atoms with Crippen LogP contribution in [0.3, 0.4) is 0 Å². The number of hydrogen-bond acceptors (Lipinski definition) is 7. The number of aryl methyl sites for hydroxylation is 3. The molecule has 0 saturated carbocycles. The minimum absolute atomic E-state index is 0.630. The quantitative estimate of drug-likeness (QED) is 0.845. The van der Waals surface area contributed by atoms with Gasteiger partial charge in [0.25, 0.3) is 0 Å². The van der Waals surface area contributed by atoms with Crippen LogP contribution < -0.4 is 4.90 Å². The number of nitrogens with zero attached hydrogens (tertiary/aromatic N) is 6. The number of fused-ring (bicyclic) bond motifs is 1. The van der Waals surface area contributed by atoms with Gasteiger partial charge >= 0.3 is 0 Å². The standard InChI is InChI=1S/C16H22N6O/c1-11-17-14-5-3-4-13(14)16(18-11)22-8-6-21(7-9-22)10-15-19-12(2)23-20-15/h3-10H2,1-2H3. The smallest absolute Gasteiger partial charge is 0.223 e. The summed E-state index contributed by atoms with van der Waals surface area (Å²) in [4.78, 5) is 18.4. The Bertz CT molecular complexity index is 705. The van der Waals surface area contributed by atoms with E-state index in [1.165, 1.54) is 23.5 Å². The van der Waals surface area contributed by atoms with E-state index in [2.05, 4.69) is 24.9 Å². The van der Waals surface area contributed by atoms with Gasteiger partial charge in [-0.2, -0.15) is 4.98 Å². The third-order valence-electron chi connectivity index (χ3n) is 4.63. The second kappa shape index (κ2) is 5.88. The van der Waals surface area contributed by atoms with Gasteiger partial charge in [0, 0.05) is 44.4 Å². The fourth-order valence-corrected chi connectivity index (χ4v) is 3.52. The van der Waals surface area contributed by atoms with Crippen LogP contribution in [0.15, 0.2) is 4.52 Å². The molecule has 7 nitrogen and oxygen atoms in total. The van der Waals surface area contributed by atoms with E-state index < -0.39 is 0 Å². The van der Waals surface area contributed by atoms with Crippen molar-refractivity contribution in [1.82, 2.24) is 25.0 Å². The van der Waals surface area contributed by atoms with Crippen LogP contribution in [0, 0.1) is 13.8 Å². The maximum absolute atomic E-state index is 5.04. The maximum Gasteiger partial charge on any atom is 0.223 e. The minimum Gasteiger partial charge on any atom is -0.354 e. The average molecular weight is 314 g/mol. The normalized spacial score (nSPS) is 18.4. The molecule has 3 heterocycles. The SMILES string of the molecule is Cc1nc2c(c(N3CCN(Cc4noc(C)n4)CC3)n1)CCC2. The summed E-state index contributed by atoms with van der Waals surface area (Å²) in [6, 6.07) is 0. The van der Waals surface area contributed by atoms with Gasteiger partial charge in [-0.15, -0.1) is 0 Å². The summed E-state index contributed by atoms with van der Waals surface area (Å²) >= 11 is 0. The highest BCUT2D eigenvalue weighted by atomic mass is 16.5. The van der Waals surface area contributed by atoms with E-state index in [9.17, 15) is 0 Å². The molecular weight excluding hydrogens is 292 g/mol. The molecule has 0 radical (unpaired) electrons. The summed E-state index contributed by atoms with van der Waals surface area (Å²) in [5, 5.41) is 3.98. The van der Waals surface area contributed by atoms with Gasteiger partial charge in [0.2, 0.25) is 5.89 Å². The fourth-order valence-electron chi connectivity index (χ4n) is 3.52. The molecule has 2 aliphatic rings. The molecule has 0 N–H and O–H groups in total. The predicted molar refractivity (Wildman–Crippen MR) is 85.3 cm³/mol. The molecule has 122 valence electrons. The molecule has 1 aliphatic heterocycles. The van der Waals surface area contributed by atoms with Crippen LogP contribution in [0.4, 0.5) is 5.82 Å². The Morgan fingerprint density at radius 2 is 1.83 bits per heavy atom. The molecule has 0 amide bonds. The van der Waals surface area contributed by atoms with Gasteiger partial charge in [0.05, 0.1) is 6.54 Å². The second-order valence-electron chi connectivity index (χ2n) is 6.37. The van der Waals surface area contributed by atoms with E-state index in [0.717, 1.165) is 57.2 Å². The summed E-state index contributed by atoms with van der Waals surface area (Å²) in [7, 11) is 0. The molecule has 0 bridgehead atoms. The van der Waals surface area contributed by atoms with Gasteiger partial charge in [0.15, 0.2) is 5.82 Å². The summed E-state index contributed by atoms with van der Waals surface area (Å²) < 4.78 is 5.04. The third-order valence-corrected chi connectivity index (χ3v) is 4.63. The Hall–Kier alpha value is -2.02. The lowest BCUT2D eigenvalue weighted by atomic mass is 10.2. The highest BCUT2D eigenvalue weighted by Crippen LogP contribution is 2.29. The summed E-state index contributed by atoms with van der Waals surface area (Å²) in [6.07, 6.45) is 3.42. The predicted octanol–water partition coefficient (Wildman–Crippen LogP) is 1.29. The average Bonchev–Trinajstić information content (AvgIpc) is 3.16. The molecule has 2 aromatic heterocycles. The van der Waals surface area contributed by atoms with Gasteiger partial charge in [-0.1, -0.05) is 5.16 Å². The third kappa shape index (κ3) is 2.93. The Kier molecular flexibility index (Phi) is 3.72. The molecular formula is C16H22N6O. The molecule has 0 unspecified atom stereocenters. The van der Waals surface area contributed by atoms with Crippen LogP contribution in [-0.2, 0) is 19.4 Å². The number of anilines is 1. The van der Waals surface area contributed by atoms with Gasteiger partial charge in [0.1, 0.15) is 11.6 Å². The number of aromatic nitrogens is 4. The van der Waals surface area contributed by atoms with Gasteiger partial charge < -0.3 is 9.42 Å².